The molecule has 0 spiro atoms. The molecular formula is C11H13BO5. The summed E-state index contributed by atoms with van der Waals surface area (Å²) < 4.78 is 15.3. The zero-order valence-electron chi connectivity index (χ0n) is 9.42. The van der Waals surface area contributed by atoms with Gasteiger partial charge in [-0.25, -0.2) is 0 Å². The summed E-state index contributed by atoms with van der Waals surface area (Å²) in [5, 5.41) is 18.1. The van der Waals surface area contributed by atoms with Crippen LogP contribution in [-0.2, 0) is 0 Å². The van der Waals surface area contributed by atoms with E-state index in [0.29, 0.717) is 12.2 Å². The largest absolute Gasteiger partial charge is 0.709 e. The summed E-state index contributed by atoms with van der Waals surface area (Å²) in [6, 6.07) is 6.93. The summed E-state index contributed by atoms with van der Waals surface area (Å²) in [7, 11) is -1.88. The van der Waals surface area contributed by atoms with Crippen molar-refractivity contribution in [2.45, 2.75) is 13.3 Å². The van der Waals surface area contributed by atoms with Crippen LogP contribution in [-0.4, -0.2) is 24.0 Å². The highest BCUT2D eigenvalue weighted by molar-refractivity contribution is 6.33. The topological polar surface area (TPSA) is 72.1 Å². The number of fused-ring (bicyclic) bond motifs is 1. The van der Waals surface area contributed by atoms with E-state index in [-0.39, 0.29) is 5.95 Å². The zero-order valence-corrected chi connectivity index (χ0v) is 9.42. The molecule has 90 valence electrons. The zero-order chi connectivity index (χ0) is 12.3. The van der Waals surface area contributed by atoms with Crippen molar-refractivity contribution in [3.63, 3.8) is 0 Å². The molecular weight excluding hydrogens is 223 g/mol. The van der Waals surface area contributed by atoms with Crippen molar-refractivity contribution in [3.8, 4) is 11.7 Å². The van der Waals surface area contributed by atoms with Gasteiger partial charge in [0.2, 0.25) is 0 Å². The first kappa shape index (κ1) is 11.8. The van der Waals surface area contributed by atoms with Crippen LogP contribution >= 0.6 is 0 Å². The van der Waals surface area contributed by atoms with Gasteiger partial charge in [-0.3, -0.25) is 0 Å². The Morgan fingerprint density at radius 1 is 1.29 bits per heavy atom. The van der Waals surface area contributed by atoms with E-state index in [1.165, 1.54) is 0 Å². The van der Waals surface area contributed by atoms with Crippen LogP contribution < -0.4 is 9.39 Å². The maximum Gasteiger partial charge on any atom is 0.709 e. The third-order valence-electron chi connectivity index (χ3n) is 2.16. The van der Waals surface area contributed by atoms with Crippen LogP contribution in [0.2, 0.25) is 0 Å². The molecule has 0 amide bonds. The van der Waals surface area contributed by atoms with Gasteiger partial charge in [0, 0.05) is 11.5 Å². The molecule has 1 aromatic heterocycles. The molecule has 17 heavy (non-hydrogen) atoms. The fraction of sp³-hybridized carbons (Fsp3) is 0.273. The predicted molar refractivity (Wildman–Crippen MR) is 62.8 cm³/mol. The Morgan fingerprint density at radius 2 is 2.12 bits per heavy atom. The van der Waals surface area contributed by atoms with Gasteiger partial charge in [0.15, 0.2) is 0 Å². The Morgan fingerprint density at radius 3 is 2.82 bits per heavy atom. The van der Waals surface area contributed by atoms with Gasteiger partial charge < -0.3 is 23.9 Å². The van der Waals surface area contributed by atoms with Crippen LogP contribution in [0.5, 0.6) is 11.7 Å². The fourth-order valence-electron chi connectivity index (χ4n) is 1.47. The average molecular weight is 236 g/mol. The first-order valence-electron chi connectivity index (χ1n) is 5.38. The molecule has 0 aliphatic rings. The SMILES string of the molecule is CCCOc1ccc2oc(OB(O)O)cc2c1. The highest BCUT2D eigenvalue weighted by Gasteiger charge is 2.15. The van der Waals surface area contributed by atoms with Crippen LogP contribution in [0, 0.1) is 0 Å². The molecule has 2 rings (SSSR count). The van der Waals surface area contributed by atoms with E-state index in [1.54, 1.807) is 18.2 Å². The van der Waals surface area contributed by atoms with Gasteiger partial charge in [-0.1, -0.05) is 6.92 Å². The molecule has 0 aliphatic heterocycles. The van der Waals surface area contributed by atoms with Crippen molar-refractivity contribution < 1.29 is 23.9 Å². The number of hydrogen-bond acceptors (Lipinski definition) is 5. The first-order valence-corrected chi connectivity index (χ1v) is 5.38. The van der Waals surface area contributed by atoms with Gasteiger partial charge in [0.05, 0.1) is 6.61 Å². The molecule has 2 N–H and O–H groups in total. The molecule has 0 bridgehead atoms. The lowest BCUT2D eigenvalue weighted by Gasteiger charge is -2.02. The molecule has 0 unspecified atom stereocenters. The third kappa shape index (κ3) is 2.92. The Hall–Kier alpha value is -1.66. The molecule has 0 saturated carbocycles. The Labute approximate surface area is 98.7 Å². The molecule has 6 heteroatoms. The van der Waals surface area contributed by atoms with Crippen molar-refractivity contribution in [2.75, 3.05) is 6.61 Å². The van der Waals surface area contributed by atoms with E-state index in [9.17, 15) is 0 Å². The summed E-state index contributed by atoms with van der Waals surface area (Å²) in [6.07, 6.45) is 0.939. The standard InChI is InChI=1S/C11H13BO5/c1-2-5-15-9-3-4-10-8(6-9)7-11(16-10)17-12(13)14/h3-4,6-7,13-14H,2,5H2,1H3. The molecule has 1 aromatic carbocycles. The molecule has 0 atom stereocenters. The van der Waals surface area contributed by atoms with Crippen molar-refractivity contribution in [1.29, 1.82) is 0 Å². The van der Waals surface area contributed by atoms with Crippen LogP contribution in [0.4, 0.5) is 0 Å². The second kappa shape index (κ2) is 5.12. The lowest BCUT2D eigenvalue weighted by molar-refractivity contribution is 0.257. The number of furan rings is 1. The van der Waals surface area contributed by atoms with E-state index in [0.717, 1.165) is 17.6 Å². The fourth-order valence-corrected chi connectivity index (χ4v) is 1.47. The third-order valence-corrected chi connectivity index (χ3v) is 2.16. The van der Waals surface area contributed by atoms with Gasteiger partial charge in [0.1, 0.15) is 11.3 Å². The van der Waals surface area contributed by atoms with E-state index < -0.39 is 7.32 Å². The predicted octanol–water partition coefficient (Wildman–Crippen LogP) is 1.57. The minimum atomic E-state index is -1.88. The summed E-state index contributed by atoms with van der Waals surface area (Å²) in [4.78, 5) is 0. The Bertz CT molecular complexity index is 494. The van der Waals surface area contributed by atoms with E-state index in [2.05, 4.69) is 4.65 Å². The summed E-state index contributed by atoms with van der Waals surface area (Å²) in [6.45, 7) is 2.69. The van der Waals surface area contributed by atoms with Gasteiger partial charge in [0.25, 0.3) is 5.95 Å². The number of ether oxygens (including phenoxy) is 1. The molecule has 0 saturated heterocycles. The molecule has 0 fully saturated rings. The van der Waals surface area contributed by atoms with E-state index >= 15 is 0 Å². The van der Waals surface area contributed by atoms with Crippen molar-refractivity contribution in [2.24, 2.45) is 0 Å². The van der Waals surface area contributed by atoms with Crippen LogP contribution in [0.3, 0.4) is 0 Å². The summed E-state index contributed by atoms with van der Waals surface area (Å²) in [5.41, 5.74) is 0.601. The Kier molecular flexibility index (Phi) is 3.56. The second-order valence-electron chi connectivity index (χ2n) is 3.56. The minimum absolute atomic E-state index is 0.0580. The monoisotopic (exact) mass is 236 g/mol. The average Bonchev–Trinajstić information content (AvgIpc) is 2.66. The number of rotatable bonds is 5. The van der Waals surface area contributed by atoms with E-state index in [4.69, 9.17) is 19.2 Å². The number of hydrogen-bond donors (Lipinski definition) is 2. The molecule has 2 aromatic rings. The molecule has 5 nitrogen and oxygen atoms in total. The highest BCUT2D eigenvalue weighted by Crippen LogP contribution is 2.28. The smallest absolute Gasteiger partial charge is 0.494 e. The van der Waals surface area contributed by atoms with Gasteiger partial charge >= 0.3 is 7.32 Å². The van der Waals surface area contributed by atoms with Gasteiger partial charge in [-0.05, 0) is 24.6 Å². The van der Waals surface area contributed by atoms with E-state index in [1.807, 2.05) is 13.0 Å². The molecule has 0 aliphatic carbocycles. The highest BCUT2D eigenvalue weighted by atomic mass is 16.7. The van der Waals surface area contributed by atoms with Crippen molar-refractivity contribution in [3.05, 3.63) is 24.3 Å². The molecule has 0 radical (unpaired) electrons. The van der Waals surface area contributed by atoms with Crippen molar-refractivity contribution >= 4 is 18.3 Å². The first-order chi connectivity index (χ1) is 8.19. The summed E-state index contributed by atoms with van der Waals surface area (Å²) in [5.74, 6) is 0.805. The summed E-state index contributed by atoms with van der Waals surface area (Å²) >= 11 is 0. The normalized spacial score (nSPS) is 10.5. The lowest BCUT2D eigenvalue weighted by Crippen LogP contribution is -2.20. The minimum Gasteiger partial charge on any atom is -0.494 e. The molecule has 1 heterocycles. The quantitative estimate of drug-likeness (QED) is 0.771. The van der Waals surface area contributed by atoms with Gasteiger partial charge in [-0.15, -0.1) is 0 Å². The Balaban J connectivity index is 2.21. The van der Waals surface area contributed by atoms with Gasteiger partial charge in [-0.2, -0.15) is 0 Å². The second-order valence-corrected chi connectivity index (χ2v) is 3.56. The lowest BCUT2D eigenvalue weighted by atomic mass is 10.2. The van der Waals surface area contributed by atoms with Crippen LogP contribution in [0.25, 0.3) is 11.0 Å². The van der Waals surface area contributed by atoms with Crippen molar-refractivity contribution in [1.82, 2.24) is 0 Å². The maximum atomic E-state index is 8.65. The van der Waals surface area contributed by atoms with Crippen LogP contribution in [0.15, 0.2) is 28.7 Å². The maximum absolute atomic E-state index is 8.65. The van der Waals surface area contributed by atoms with Crippen LogP contribution in [0.1, 0.15) is 13.3 Å². The number of benzene rings is 1.